The summed E-state index contributed by atoms with van der Waals surface area (Å²) in [5.74, 6) is -0.359. The van der Waals surface area contributed by atoms with Gasteiger partial charge in [0.05, 0.1) is 22.8 Å². The van der Waals surface area contributed by atoms with Crippen LogP contribution >= 0.6 is 11.6 Å². The number of para-hydroxylation sites is 1. The number of benzene rings is 2. The fraction of sp³-hybridized carbons (Fsp3) is 0.182. The summed E-state index contributed by atoms with van der Waals surface area (Å²) < 4.78 is 46.6. The van der Waals surface area contributed by atoms with Gasteiger partial charge in [0.25, 0.3) is 5.91 Å². The summed E-state index contributed by atoms with van der Waals surface area (Å²) in [5, 5.41) is 13.3. The van der Waals surface area contributed by atoms with Crippen molar-refractivity contribution < 1.29 is 32.5 Å². The Hall–Kier alpha value is -3.50. The summed E-state index contributed by atoms with van der Waals surface area (Å²) in [6.45, 7) is 0.0667. The molecule has 0 radical (unpaired) electrons. The summed E-state index contributed by atoms with van der Waals surface area (Å²) in [7, 11) is 0. The monoisotopic (exact) mass is 479 g/mol. The van der Waals surface area contributed by atoms with Gasteiger partial charge in [0.1, 0.15) is 18.5 Å². The first-order valence-corrected chi connectivity index (χ1v) is 10.1. The predicted octanol–water partition coefficient (Wildman–Crippen LogP) is 4.78. The van der Waals surface area contributed by atoms with Crippen molar-refractivity contribution in [1.82, 2.24) is 4.98 Å². The van der Waals surface area contributed by atoms with Crippen LogP contribution in [0.25, 0.3) is 0 Å². The molecule has 0 unspecified atom stereocenters. The van der Waals surface area contributed by atoms with E-state index in [4.69, 9.17) is 16.3 Å². The number of hydrogen-bond donors (Lipinski definition) is 2. The van der Waals surface area contributed by atoms with Crippen molar-refractivity contribution in [3.05, 3.63) is 71.4 Å². The zero-order valence-corrected chi connectivity index (χ0v) is 17.6. The van der Waals surface area contributed by atoms with Crippen molar-refractivity contribution in [2.24, 2.45) is 0 Å². The Morgan fingerprint density at radius 2 is 1.94 bits per heavy atom. The highest BCUT2D eigenvalue weighted by molar-refractivity contribution is 6.33. The van der Waals surface area contributed by atoms with Crippen LogP contribution in [0.5, 0.6) is 11.5 Å². The molecule has 2 aromatic carbocycles. The van der Waals surface area contributed by atoms with Gasteiger partial charge in [-0.25, -0.2) is 4.98 Å². The average Bonchev–Trinajstić information content (AvgIpc) is 2.93. The highest BCUT2D eigenvalue weighted by Crippen LogP contribution is 2.40. The second kappa shape index (κ2) is 9.16. The number of aliphatic hydroxyl groups is 1. The first kappa shape index (κ1) is 22.7. The number of halogens is 4. The molecule has 172 valence electrons. The molecule has 7 nitrogen and oxygen atoms in total. The number of ether oxygens (including phenoxy) is 2. The Bertz CT molecular complexity index is 1160. The van der Waals surface area contributed by atoms with Crippen molar-refractivity contribution in [3.8, 4) is 11.5 Å². The molecule has 2 heterocycles. The number of carbonyl (C=O) groups excluding carboxylic acids is 1. The van der Waals surface area contributed by atoms with E-state index in [1.807, 2.05) is 0 Å². The molecular weight excluding hydrogens is 463 g/mol. The maximum absolute atomic E-state index is 13.0. The van der Waals surface area contributed by atoms with E-state index in [1.165, 1.54) is 18.2 Å². The number of aliphatic hydroxyl groups excluding tert-OH is 1. The van der Waals surface area contributed by atoms with Gasteiger partial charge < -0.3 is 24.8 Å². The number of alkyl halides is 3. The van der Waals surface area contributed by atoms with Crippen molar-refractivity contribution in [3.63, 3.8) is 0 Å². The molecule has 33 heavy (non-hydrogen) atoms. The predicted molar refractivity (Wildman–Crippen MR) is 115 cm³/mol. The molecule has 1 atom stereocenters. The first-order chi connectivity index (χ1) is 15.7. The molecule has 1 aliphatic rings. The molecule has 0 aliphatic carbocycles. The minimum atomic E-state index is -4.81. The second-order valence-corrected chi connectivity index (χ2v) is 7.47. The molecule has 0 spiro atoms. The quantitative estimate of drug-likeness (QED) is 0.560. The molecule has 3 aromatic rings. The lowest BCUT2D eigenvalue weighted by molar-refractivity contribution is -0.274. The third-order valence-corrected chi connectivity index (χ3v) is 4.98. The molecular formula is C22H17ClF3N3O4. The van der Waals surface area contributed by atoms with Gasteiger partial charge in [0, 0.05) is 11.9 Å². The molecule has 4 rings (SSSR count). The molecule has 11 heteroatoms. The second-order valence-electron chi connectivity index (χ2n) is 7.06. The van der Waals surface area contributed by atoms with Crippen LogP contribution in [-0.2, 0) is 0 Å². The maximum atomic E-state index is 13.0. The van der Waals surface area contributed by atoms with Gasteiger partial charge in [0.2, 0.25) is 0 Å². The van der Waals surface area contributed by atoms with Crippen LogP contribution in [0.4, 0.5) is 30.4 Å². The van der Waals surface area contributed by atoms with Crippen molar-refractivity contribution in [2.75, 3.05) is 23.4 Å². The number of amides is 1. The van der Waals surface area contributed by atoms with E-state index in [1.54, 1.807) is 35.4 Å². The standard InChI is InChI=1S/C22H17ClF3N3O4/c23-17-4-2-10-27-20(17)29-11-14(30)12-32-19-16(3-1-5-18(19)29)21(31)28-13-6-8-15(9-7-13)33-22(24,25)26/h1-10,14,30H,11-12H2,(H,28,31)/t14-/m1/s1. The van der Waals surface area contributed by atoms with Crippen LogP contribution in [0.2, 0.25) is 5.02 Å². The Labute approximate surface area is 191 Å². The van der Waals surface area contributed by atoms with Gasteiger partial charge in [0.15, 0.2) is 11.6 Å². The Morgan fingerprint density at radius 1 is 1.18 bits per heavy atom. The lowest BCUT2D eigenvalue weighted by Crippen LogP contribution is -2.30. The third kappa shape index (κ3) is 5.29. The van der Waals surface area contributed by atoms with Crippen LogP contribution in [0.3, 0.4) is 0 Å². The van der Waals surface area contributed by atoms with Gasteiger partial charge in [-0.3, -0.25) is 4.79 Å². The van der Waals surface area contributed by atoms with Gasteiger partial charge >= 0.3 is 6.36 Å². The highest BCUT2D eigenvalue weighted by atomic mass is 35.5. The minimum Gasteiger partial charge on any atom is -0.488 e. The molecule has 1 aliphatic heterocycles. The Kier molecular flexibility index (Phi) is 6.30. The lowest BCUT2D eigenvalue weighted by atomic mass is 10.1. The molecule has 0 fully saturated rings. The summed E-state index contributed by atoms with van der Waals surface area (Å²) in [4.78, 5) is 18.9. The molecule has 0 saturated heterocycles. The van der Waals surface area contributed by atoms with Gasteiger partial charge in [-0.05, 0) is 48.5 Å². The number of anilines is 3. The van der Waals surface area contributed by atoms with E-state index in [0.29, 0.717) is 16.5 Å². The topological polar surface area (TPSA) is 83.9 Å². The third-order valence-electron chi connectivity index (χ3n) is 4.68. The number of carbonyl (C=O) groups is 1. The van der Waals surface area contributed by atoms with Gasteiger partial charge in [-0.15, -0.1) is 13.2 Å². The van der Waals surface area contributed by atoms with E-state index < -0.39 is 24.1 Å². The maximum Gasteiger partial charge on any atom is 0.573 e. The molecule has 1 aromatic heterocycles. The van der Waals surface area contributed by atoms with E-state index in [9.17, 15) is 23.1 Å². The summed E-state index contributed by atoms with van der Waals surface area (Å²) in [6, 6.07) is 13.0. The number of fused-ring (bicyclic) bond motifs is 1. The fourth-order valence-electron chi connectivity index (χ4n) is 3.32. The SMILES string of the molecule is O=C(Nc1ccc(OC(F)(F)F)cc1)c1cccc2c1OC[C@H](O)CN2c1ncccc1Cl. The normalized spacial score (nSPS) is 15.8. The number of nitrogens with zero attached hydrogens (tertiary/aromatic N) is 2. The Balaban J connectivity index is 1.63. The molecule has 0 saturated carbocycles. The largest absolute Gasteiger partial charge is 0.573 e. The van der Waals surface area contributed by atoms with Crippen LogP contribution in [-0.4, -0.2) is 41.6 Å². The fourth-order valence-corrected chi connectivity index (χ4v) is 3.55. The van der Waals surface area contributed by atoms with Gasteiger partial charge in [-0.2, -0.15) is 0 Å². The van der Waals surface area contributed by atoms with E-state index in [2.05, 4.69) is 15.0 Å². The molecule has 2 N–H and O–H groups in total. The van der Waals surface area contributed by atoms with E-state index in [-0.39, 0.29) is 30.2 Å². The molecule has 0 bridgehead atoms. The summed E-state index contributed by atoms with van der Waals surface area (Å²) >= 11 is 6.30. The number of rotatable bonds is 4. The number of aromatic nitrogens is 1. The summed E-state index contributed by atoms with van der Waals surface area (Å²) in [6.07, 6.45) is -4.13. The zero-order valence-electron chi connectivity index (χ0n) is 16.8. The first-order valence-electron chi connectivity index (χ1n) is 9.70. The van der Waals surface area contributed by atoms with Crippen LogP contribution < -0.4 is 19.7 Å². The summed E-state index contributed by atoms with van der Waals surface area (Å²) in [5.41, 5.74) is 0.897. The Morgan fingerprint density at radius 3 is 2.64 bits per heavy atom. The minimum absolute atomic E-state index is 0.0677. The smallest absolute Gasteiger partial charge is 0.488 e. The number of nitrogens with one attached hydrogen (secondary N) is 1. The van der Waals surface area contributed by atoms with Crippen molar-refractivity contribution in [1.29, 1.82) is 0 Å². The highest BCUT2D eigenvalue weighted by Gasteiger charge is 2.31. The van der Waals surface area contributed by atoms with E-state index >= 15 is 0 Å². The zero-order chi connectivity index (χ0) is 23.6. The number of hydrogen-bond acceptors (Lipinski definition) is 6. The van der Waals surface area contributed by atoms with Crippen LogP contribution in [0.15, 0.2) is 60.8 Å². The van der Waals surface area contributed by atoms with Crippen molar-refractivity contribution in [2.45, 2.75) is 12.5 Å². The number of β-amino-alcohol motifs (C(OH)–C–C–N with tert-alkyl or cyclic N) is 1. The van der Waals surface area contributed by atoms with Crippen LogP contribution in [0.1, 0.15) is 10.4 Å². The van der Waals surface area contributed by atoms with E-state index in [0.717, 1.165) is 12.1 Å². The average molecular weight is 480 g/mol. The number of pyridine rings is 1. The van der Waals surface area contributed by atoms with Crippen LogP contribution in [0, 0.1) is 0 Å². The molecule has 1 amide bonds. The lowest BCUT2D eigenvalue weighted by Gasteiger charge is -2.25. The van der Waals surface area contributed by atoms with Crippen molar-refractivity contribution >= 4 is 34.7 Å². The van der Waals surface area contributed by atoms with Gasteiger partial charge in [-0.1, -0.05) is 17.7 Å².